The van der Waals surface area contributed by atoms with E-state index in [-0.39, 0.29) is 10.9 Å². The van der Waals surface area contributed by atoms with Gasteiger partial charge in [0.25, 0.3) is 0 Å². The van der Waals surface area contributed by atoms with Crippen LogP contribution in [0.1, 0.15) is 11.1 Å². The van der Waals surface area contributed by atoms with Gasteiger partial charge in [0.2, 0.25) is 0 Å². The van der Waals surface area contributed by atoms with Gasteiger partial charge < -0.3 is 0 Å². The second-order valence-electron chi connectivity index (χ2n) is 11.4. The van der Waals surface area contributed by atoms with Crippen molar-refractivity contribution in [1.29, 1.82) is 0 Å². The molecule has 0 atom stereocenters. The molecule has 9 aromatic rings. The SMILES string of the molecule is Cc1ccc(-c2ccc(-c3cc4c(=O)c5cc6c(cc5c4s3)c(=O)c3cc(-c4ccc(-c5ccc(C)cc5)s4)sc36)s2)cc1. The van der Waals surface area contributed by atoms with Crippen LogP contribution in [0.4, 0.5) is 0 Å². The molecule has 6 heteroatoms. The fourth-order valence-corrected chi connectivity index (χ4v) is 10.6. The van der Waals surface area contributed by atoms with Crippen molar-refractivity contribution < 1.29 is 0 Å². The monoisotopic (exact) mass is 638 g/mol. The lowest BCUT2D eigenvalue weighted by Crippen LogP contribution is -1.95. The second kappa shape index (κ2) is 9.65. The highest BCUT2D eigenvalue weighted by molar-refractivity contribution is 7.28. The number of hydrogen-bond acceptors (Lipinski definition) is 6. The van der Waals surface area contributed by atoms with Gasteiger partial charge >= 0.3 is 0 Å². The minimum absolute atomic E-state index is 0.0503. The van der Waals surface area contributed by atoms with Gasteiger partial charge in [0.15, 0.2) is 10.9 Å². The van der Waals surface area contributed by atoms with Crippen LogP contribution in [0.15, 0.2) is 107 Å². The van der Waals surface area contributed by atoms with Crippen LogP contribution >= 0.6 is 45.3 Å². The molecule has 0 aliphatic rings. The Morgan fingerprint density at radius 1 is 0.364 bits per heavy atom. The third kappa shape index (κ3) is 3.95. The van der Waals surface area contributed by atoms with Crippen molar-refractivity contribution in [3.63, 3.8) is 0 Å². The molecule has 0 unspecified atom stereocenters. The molecule has 0 aliphatic carbocycles. The highest BCUT2D eigenvalue weighted by atomic mass is 32.1. The zero-order valence-corrected chi connectivity index (χ0v) is 27.0. The predicted octanol–water partition coefficient (Wildman–Crippen LogP) is 11.4. The van der Waals surface area contributed by atoms with Crippen LogP contribution < -0.4 is 10.9 Å². The van der Waals surface area contributed by atoms with Crippen molar-refractivity contribution >= 4 is 87.1 Å². The Hall–Kier alpha value is -4.20. The molecule has 0 saturated heterocycles. The molecule has 0 bridgehead atoms. The van der Waals surface area contributed by atoms with E-state index in [1.807, 2.05) is 24.3 Å². The van der Waals surface area contributed by atoms with Gasteiger partial charge in [-0.05, 0) is 73.5 Å². The highest BCUT2D eigenvalue weighted by Crippen LogP contribution is 2.45. The summed E-state index contributed by atoms with van der Waals surface area (Å²) < 4.78 is 1.94. The fraction of sp³-hybridized carbons (Fsp3) is 0.0526. The lowest BCUT2D eigenvalue weighted by atomic mass is 10.1. The van der Waals surface area contributed by atoms with Crippen molar-refractivity contribution in [2.75, 3.05) is 0 Å². The summed E-state index contributed by atoms with van der Waals surface area (Å²) in [6.45, 7) is 4.19. The zero-order chi connectivity index (χ0) is 29.7. The molecule has 0 amide bonds. The van der Waals surface area contributed by atoms with Crippen LogP contribution in [0.3, 0.4) is 0 Å². The Bertz CT molecular complexity index is 2460. The van der Waals surface area contributed by atoms with Gasteiger partial charge in [-0.1, -0.05) is 59.7 Å². The maximum atomic E-state index is 13.7. The van der Waals surface area contributed by atoms with Gasteiger partial charge in [0.1, 0.15) is 0 Å². The Morgan fingerprint density at radius 2 is 0.750 bits per heavy atom. The summed E-state index contributed by atoms with van der Waals surface area (Å²) >= 11 is 6.79. The maximum Gasteiger partial charge on any atom is 0.195 e. The number of fused-ring (bicyclic) bond motifs is 6. The number of hydrogen-bond donors (Lipinski definition) is 0. The average molecular weight is 639 g/mol. The van der Waals surface area contributed by atoms with Crippen LogP contribution in [0, 0.1) is 13.8 Å². The smallest absolute Gasteiger partial charge is 0.195 e. The summed E-state index contributed by atoms with van der Waals surface area (Å²) in [6, 6.07) is 33.8. The van der Waals surface area contributed by atoms with Gasteiger partial charge in [-0.25, -0.2) is 0 Å². The van der Waals surface area contributed by atoms with Gasteiger partial charge in [-0.15, -0.1) is 45.3 Å². The van der Waals surface area contributed by atoms with Crippen LogP contribution in [0.2, 0.25) is 0 Å². The van der Waals surface area contributed by atoms with E-state index in [2.05, 4.69) is 86.6 Å². The highest BCUT2D eigenvalue weighted by Gasteiger charge is 2.21. The van der Waals surface area contributed by atoms with E-state index in [0.29, 0.717) is 10.8 Å². The first-order valence-corrected chi connectivity index (χ1v) is 17.6. The van der Waals surface area contributed by atoms with E-state index >= 15 is 0 Å². The topological polar surface area (TPSA) is 34.1 Å². The van der Waals surface area contributed by atoms with Crippen LogP contribution in [-0.4, -0.2) is 0 Å². The zero-order valence-electron chi connectivity index (χ0n) is 23.7. The van der Waals surface area contributed by atoms with E-state index in [9.17, 15) is 9.59 Å². The molecule has 0 aliphatic heterocycles. The Morgan fingerprint density at radius 3 is 1.16 bits per heavy atom. The molecule has 210 valence electrons. The molecule has 0 N–H and O–H groups in total. The lowest BCUT2D eigenvalue weighted by molar-refractivity contribution is 1.48. The summed E-state index contributed by atoms with van der Waals surface area (Å²) in [5.41, 5.74) is 4.99. The van der Waals surface area contributed by atoms with Gasteiger partial charge in [-0.3, -0.25) is 9.59 Å². The summed E-state index contributed by atoms with van der Waals surface area (Å²) in [5, 5.41) is 4.68. The third-order valence-electron chi connectivity index (χ3n) is 8.46. The largest absolute Gasteiger partial charge is 0.289 e. The maximum absolute atomic E-state index is 13.7. The van der Waals surface area contributed by atoms with Crippen molar-refractivity contribution in [1.82, 2.24) is 0 Å². The van der Waals surface area contributed by atoms with Crippen LogP contribution in [0.5, 0.6) is 0 Å². The van der Waals surface area contributed by atoms with E-state index in [4.69, 9.17) is 0 Å². The number of aryl methyl sites for hydroxylation is 2. The van der Waals surface area contributed by atoms with Crippen molar-refractivity contribution in [3.05, 3.63) is 129 Å². The van der Waals surface area contributed by atoms with Gasteiger partial charge in [0, 0.05) is 71.0 Å². The fourth-order valence-electron chi connectivity index (χ4n) is 6.09. The molecule has 0 spiro atoms. The number of rotatable bonds is 4. The molecule has 0 radical (unpaired) electrons. The van der Waals surface area contributed by atoms with E-state index in [1.165, 1.54) is 32.0 Å². The molecular weight excluding hydrogens is 617 g/mol. The minimum Gasteiger partial charge on any atom is -0.289 e. The summed E-state index contributed by atoms with van der Waals surface area (Å²) in [4.78, 5) is 34.3. The molecule has 4 heterocycles. The van der Waals surface area contributed by atoms with Crippen molar-refractivity contribution in [2.45, 2.75) is 13.8 Å². The standard InChI is InChI=1S/C38H22O2S4/c1-19-3-7-21(8-4-19)29-11-13-31(41-29)33-17-27-35(39)23-16-26-24(15-25(23)37(27)43-33)36(40)28-18-34(44-38(26)28)32-14-12-30(42-32)22-9-5-20(2)6-10-22/h3-18H,1-2H3. The Balaban J connectivity index is 1.12. The summed E-state index contributed by atoms with van der Waals surface area (Å²) in [6.07, 6.45) is 0. The molecule has 9 rings (SSSR count). The molecule has 0 saturated carbocycles. The number of thiophene rings is 4. The first kappa shape index (κ1) is 26.2. The normalized spacial score (nSPS) is 12.0. The first-order valence-electron chi connectivity index (χ1n) is 14.3. The summed E-state index contributed by atoms with van der Waals surface area (Å²) in [7, 11) is 0. The Kier molecular flexibility index (Phi) is 5.75. The second-order valence-corrected chi connectivity index (χ2v) is 15.6. The van der Waals surface area contributed by atoms with Gasteiger partial charge in [0.05, 0.1) is 0 Å². The quantitative estimate of drug-likeness (QED) is 0.192. The minimum atomic E-state index is 0.0503. The Labute approximate surface area is 268 Å². The molecule has 5 aromatic carbocycles. The van der Waals surface area contributed by atoms with Crippen molar-refractivity contribution in [3.8, 4) is 40.4 Å². The molecule has 0 fully saturated rings. The van der Waals surface area contributed by atoms with Crippen molar-refractivity contribution in [2.24, 2.45) is 0 Å². The van der Waals surface area contributed by atoms with Gasteiger partial charge in [-0.2, -0.15) is 0 Å². The molecule has 2 nitrogen and oxygen atoms in total. The summed E-state index contributed by atoms with van der Waals surface area (Å²) in [5.74, 6) is 0. The molecule has 4 aromatic heterocycles. The van der Waals surface area contributed by atoms with E-state index in [1.54, 1.807) is 45.3 Å². The predicted molar refractivity (Wildman–Crippen MR) is 194 cm³/mol. The van der Waals surface area contributed by atoms with Crippen LogP contribution in [-0.2, 0) is 0 Å². The van der Waals surface area contributed by atoms with E-state index in [0.717, 1.165) is 50.5 Å². The molecular formula is C38H22O2S4. The number of benzene rings is 3. The van der Waals surface area contributed by atoms with E-state index < -0.39 is 0 Å². The average Bonchev–Trinajstić information content (AvgIpc) is 3.87. The molecule has 44 heavy (non-hydrogen) atoms. The van der Waals surface area contributed by atoms with Crippen LogP contribution in [0.25, 0.3) is 82.1 Å². The third-order valence-corrected chi connectivity index (χ3v) is 13.5. The lowest BCUT2D eigenvalue weighted by Gasteiger charge is -1.98. The first-order chi connectivity index (χ1) is 21.4.